The van der Waals surface area contributed by atoms with E-state index in [1.807, 2.05) is 64.4 Å². The molecule has 0 unspecified atom stereocenters. The molecule has 1 heterocycles. The Morgan fingerprint density at radius 1 is 0.857 bits per heavy atom. The Morgan fingerprint density at radius 3 is 2.04 bits per heavy atom. The molecule has 1 saturated carbocycles. The molecule has 2 aromatic carbocycles. The van der Waals surface area contributed by atoms with Crippen LogP contribution in [0.15, 0.2) is 54.6 Å². The normalized spacial score (nSPS) is 17.4. The first-order valence-electron chi connectivity index (χ1n) is 10.2. The summed E-state index contributed by atoms with van der Waals surface area (Å²) in [5.41, 5.74) is 2.89. The summed E-state index contributed by atoms with van der Waals surface area (Å²) in [7, 11) is 0. The zero-order chi connectivity index (χ0) is 19.3. The van der Waals surface area contributed by atoms with Crippen molar-refractivity contribution in [2.45, 2.75) is 44.8 Å². The van der Waals surface area contributed by atoms with Gasteiger partial charge in [0.25, 0.3) is 5.91 Å². The first-order valence-corrected chi connectivity index (χ1v) is 10.2. The zero-order valence-electron chi connectivity index (χ0n) is 16.1. The molecule has 2 aliphatic rings. The highest BCUT2D eigenvalue weighted by Gasteiger charge is 2.28. The van der Waals surface area contributed by atoms with Gasteiger partial charge in [-0.2, -0.15) is 0 Å². The van der Waals surface area contributed by atoms with E-state index in [0.717, 1.165) is 37.1 Å². The van der Waals surface area contributed by atoms with Crippen LogP contribution >= 0.6 is 0 Å². The summed E-state index contributed by atoms with van der Waals surface area (Å²) in [6, 6.07) is 18.1. The van der Waals surface area contributed by atoms with Gasteiger partial charge in [0, 0.05) is 37.8 Å². The molecule has 0 radical (unpaired) electrons. The Kier molecular flexibility index (Phi) is 5.60. The average Bonchev–Trinajstić information content (AvgIpc) is 3.35. The molecule has 0 aromatic heterocycles. The summed E-state index contributed by atoms with van der Waals surface area (Å²) in [6.45, 7) is 2.70. The molecule has 1 aliphatic heterocycles. The predicted molar refractivity (Wildman–Crippen MR) is 109 cm³/mol. The molecule has 0 spiro atoms. The van der Waals surface area contributed by atoms with Gasteiger partial charge in [0.15, 0.2) is 0 Å². The van der Waals surface area contributed by atoms with Crippen molar-refractivity contribution in [3.8, 4) is 0 Å². The lowest BCUT2D eigenvalue weighted by Gasteiger charge is -2.19. The van der Waals surface area contributed by atoms with Crippen LogP contribution in [-0.2, 0) is 13.1 Å². The van der Waals surface area contributed by atoms with Gasteiger partial charge in [0.05, 0.1) is 0 Å². The van der Waals surface area contributed by atoms with E-state index in [0.29, 0.717) is 24.7 Å². The lowest BCUT2D eigenvalue weighted by atomic mass is 10.1. The molecule has 3 amide bonds. The van der Waals surface area contributed by atoms with Crippen LogP contribution in [0.2, 0.25) is 0 Å². The summed E-state index contributed by atoms with van der Waals surface area (Å²) in [5, 5.41) is 3.11. The van der Waals surface area contributed by atoms with Crippen LogP contribution in [0.3, 0.4) is 0 Å². The van der Waals surface area contributed by atoms with Gasteiger partial charge in [0.1, 0.15) is 0 Å². The number of amides is 3. The van der Waals surface area contributed by atoms with Crippen LogP contribution in [-0.4, -0.2) is 40.9 Å². The molecule has 1 N–H and O–H groups in total. The largest absolute Gasteiger partial charge is 0.349 e. The summed E-state index contributed by atoms with van der Waals surface area (Å²) in [4.78, 5) is 28.8. The average molecular weight is 377 g/mol. The van der Waals surface area contributed by atoms with Gasteiger partial charge in [-0.05, 0) is 36.1 Å². The lowest BCUT2D eigenvalue weighted by Crippen LogP contribution is -2.32. The number of carbonyl (C=O) groups excluding carboxylic acids is 2. The van der Waals surface area contributed by atoms with Crippen LogP contribution in [0, 0.1) is 0 Å². The third-order valence-corrected chi connectivity index (χ3v) is 5.68. The molecule has 1 saturated heterocycles. The molecule has 0 bridgehead atoms. The Morgan fingerprint density at radius 2 is 1.43 bits per heavy atom. The van der Waals surface area contributed by atoms with Crippen LogP contribution in [0.4, 0.5) is 4.79 Å². The number of urea groups is 1. The van der Waals surface area contributed by atoms with E-state index >= 15 is 0 Å². The number of hydrogen-bond donors (Lipinski definition) is 1. The second kappa shape index (κ2) is 8.46. The van der Waals surface area contributed by atoms with Crippen molar-refractivity contribution in [1.29, 1.82) is 0 Å². The fourth-order valence-corrected chi connectivity index (χ4v) is 4.05. The first kappa shape index (κ1) is 18.5. The van der Waals surface area contributed by atoms with E-state index in [1.54, 1.807) is 0 Å². The highest BCUT2D eigenvalue weighted by molar-refractivity contribution is 5.94. The summed E-state index contributed by atoms with van der Waals surface area (Å²) in [6.07, 6.45) is 4.57. The zero-order valence-corrected chi connectivity index (χ0v) is 16.1. The third kappa shape index (κ3) is 4.35. The fraction of sp³-hybridized carbons (Fsp3) is 0.391. The Hall–Kier alpha value is -2.82. The number of hydrogen-bond acceptors (Lipinski definition) is 2. The van der Waals surface area contributed by atoms with E-state index < -0.39 is 0 Å². The van der Waals surface area contributed by atoms with Crippen molar-refractivity contribution in [3.05, 3.63) is 71.3 Å². The molecule has 1 aliphatic carbocycles. The Balaban J connectivity index is 1.31. The first-order chi connectivity index (χ1) is 13.7. The quantitative estimate of drug-likeness (QED) is 0.833. The third-order valence-electron chi connectivity index (χ3n) is 5.68. The van der Waals surface area contributed by atoms with Crippen molar-refractivity contribution < 1.29 is 9.59 Å². The smallest absolute Gasteiger partial charge is 0.320 e. The number of benzene rings is 2. The molecule has 0 atom stereocenters. The van der Waals surface area contributed by atoms with Crippen LogP contribution < -0.4 is 5.32 Å². The molecule has 2 aromatic rings. The van der Waals surface area contributed by atoms with Crippen molar-refractivity contribution in [1.82, 2.24) is 15.1 Å². The second-order valence-corrected chi connectivity index (χ2v) is 7.76. The molecule has 5 nitrogen and oxygen atoms in total. The van der Waals surface area contributed by atoms with Crippen LogP contribution in [0.25, 0.3) is 0 Å². The number of nitrogens with zero attached hydrogens (tertiary/aromatic N) is 2. The molecule has 5 heteroatoms. The lowest BCUT2D eigenvalue weighted by molar-refractivity contribution is 0.0938. The second-order valence-electron chi connectivity index (χ2n) is 7.76. The van der Waals surface area contributed by atoms with Crippen LogP contribution in [0.5, 0.6) is 0 Å². The molecular formula is C23H27N3O2. The van der Waals surface area contributed by atoms with Crippen LogP contribution in [0.1, 0.15) is 47.2 Å². The van der Waals surface area contributed by atoms with Gasteiger partial charge in [-0.1, -0.05) is 55.3 Å². The maximum atomic E-state index is 12.7. The number of carbonyl (C=O) groups is 2. The van der Waals surface area contributed by atoms with Crippen molar-refractivity contribution in [2.75, 3.05) is 13.1 Å². The minimum atomic E-state index is 0.00438. The van der Waals surface area contributed by atoms with Gasteiger partial charge in [-0.15, -0.1) is 0 Å². The topological polar surface area (TPSA) is 52.7 Å². The maximum Gasteiger partial charge on any atom is 0.320 e. The number of rotatable bonds is 6. The van der Waals surface area contributed by atoms with E-state index in [-0.39, 0.29) is 11.9 Å². The van der Waals surface area contributed by atoms with Gasteiger partial charge in [0.2, 0.25) is 0 Å². The monoisotopic (exact) mass is 377 g/mol. The summed E-state index contributed by atoms with van der Waals surface area (Å²) in [5.74, 6) is 0.00438. The minimum Gasteiger partial charge on any atom is -0.349 e. The Labute approximate surface area is 166 Å². The van der Waals surface area contributed by atoms with E-state index in [2.05, 4.69) is 5.32 Å². The molecule has 146 valence electrons. The van der Waals surface area contributed by atoms with E-state index in [4.69, 9.17) is 0 Å². The standard InChI is InChI=1S/C23H27N3O2/c27-22(24-21-8-4-5-9-21)20-12-10-19(11-13-20)17-26-15-14-25(23(26)28)16-18-6-2-1-3-7-18/h1-3,6-7,10-13,21H,4-5,8-9,14-17H2,(H,24,27). The summed E-state index contributed by atoms with van der Waals surface area (Å²) < 4.78 is 0. The molecular weight excluding hydrogens is 350 g/mol. The predicted octanol–water partition coefficient (Wildman–Crippen LogP) is 3.80. The SMILES string of the molecule is O=C(NC1CCCC1)c1ccc(CN2CCN(Cc3ccccc3)C2=O)cc1. The van der Waals surface area contributed by atoms with Gasteiger partial charge in [-0.3, -0.25) is 4.79 Å². The maximum absolute atomic E-state index is 12.7. The molecule has 4 rings (SSSR count). The van der Waals surface area contributed by atoms with Crippen molar-refractivity contribution >= 4 is 11.9 Å². The fourth-order valence-electron chi connectivity index (χ4n) is 4.05. The highest BCUT2D eigenvalue weighted by atomic mass is 16.2. The molecule has 2 fully saturated rings. The van der Waals surface area contributed by atoms with E-state index in [9.17, 15) is 9.59 Å². The Bertz CT molecular complexity index is 814. The number of nitrogens with one attached hydrogen (secondary N) is 1. The van der Waals surface area contributed by atoms with E-state index in [1.165, 1.54) is 12.8 Å². The molecule has 28 heavy (non-hydrogen) atoms. The van der Waals surface area contributed by atoms with Gasteiger partial charge < -0.3 is 15.1 Å². The van der Waals surface area contributed by atoms with Crippen molar-refractivity contribution in [3.63, 3.8) is 0 Å². The summed E-state index contributed by atoms with van der Waals surface area (Å²) >= 11 is 0. The van der Waals surface area contributed by atoms with Gasteiger partial charge in [-0.25, -0.2) is 4.79 Å². The highest BCUT2D eigenvalue weighted by Crippen LogP contribution is 2.19. The minimum absolute atomic E-state index is 0.00438. The van der Waals surface area contributed by atoms with Crippen molar-refractivity contribution in [2.24, 2.45) is 0 Å². The van der Waals surface area contributed by atoms with Gasteiger partial charge >= 0.3 is 6.03 Å².